The minimum absolute atomic E-state index is 0.0946. The van der Waals surface area contributed by atoms with E-state index >= 15 is 0 Å². The number of fused-ring (bicyclic) bond motifs is 3. The van der Waals surface area contributed by atoms with E-state index in [9.17, 15) is 0 Å². The van der Waals surface area contributed by atoms with Gasteiger partial charge in [0.2, 0.25) is 0 Å². The SMILES string of the molecule is CC1(C)c2ccc(-c3cccc(-c4ccccc4-c4nc(-c5ccccc5)nc(-c5ccccc5)n4)c3)cc2-c2cccc(-c3ccccc3)c2C1(C)C. The Morgan fingerprint density at radius 2 is 0.759 bits per heavy atom. The Hall–Kier alpha value is -6.45. The molecule has 1 aliphatic carbocycles. The fraction of sp³-hybridized carbons (Fsp3) is 0.118. The fourth-order valence-corrected chi connectivity index (χ4v) is 8.17. The molecule has 0 N–H and O–H groups in total. The highest BCUT2D eigenvalue weighted by Crippen LogP contribution is 2.56. The van der Waals surface area contributed by atoms with Gasteiger partial charge in [0.15, 0.2) is 17.5 Å². The smallest absolute Gasteiger partial charge is 0.164 e. The standard InChI is InChI=1S/C51H41N3/c1-50(2)45-31-30-38(33-44(45)42-29-17-28-41(46(42)51(50,3)4)34-18-8-5-9-19-34)37-24-16-25-39(32-37)40-26-14-15-27-43(40)49-53-47(35-20-10-6-11-21-35)52-48(54-49)36-22-12-7-13-23-36/h5-33H,1-4H3. The van der Waals surface area contributed by atoms with E-state index in [0.717, 1.165) is 27.8 Å². The van der Waals surface area contributed by atoms with Gasteiger partial charge in [0.05, 0.1) is 0 Å². The highest BCUT2D eigenvalue weighted by Gasteiger charge is 2.47. The maximum absolute atomic E-state index is 5.07. The molecule has 0 saturated heterocycles. The molecule has 1 aromatic heterocycles. The van der Waals surface area contributed by atoms with E-state index in [1.165, 1.54) is 44.5 Å². The maximum atomic E-state index is 5.07. The van der Waals surface area contributed by atoms with Gasteiger partial charge in [0, 0.05) is 22.1 Å². The van der Waals surface area contributed by atoms with Crippen LogP contribution >= 0.6 is 0 Å². The lowest BCUT2D eigenvalue weighted by Gasteiger charge is -2.49. The van der Waals surface area contributed by atoms with Crippen molar-refractivity contribution in [1.82, 2.24) is 15.0 Å². The molecular weight excluding hydrogens is 655 g/mol. The van der Waals surface area contributed by atoms with E-state index in [0.29, 0.717) is 17.5 Å². The van der Waals surface area contributed by atoms with Gasteiger partial charge in [-0.2, -0.15) is 0 Å². The van der Waals surface area contributed by atoms with E-state index in [1.54, 1.807) is 0 Å². The van der Waals surface area contributed by atoms with Crippen LogP contribution in [0.5, 0.6) is 0 Å². The first kappa shape index (κ1) is 33.4. The molecule has 1 heterocycles. The summed E-state index contributed by atoms with van der Waals surface area (Å²) in [5.41, 5.74) is 15.2. The van der Waals surface area contributed by atoms with Crippen molar-refractivity contribution < 1.29 is 0 Å². The lowest BCUT2D eigenvalue weighted by Crippen LogP contribution is -2.44. The van der Waals surface area contributed by atoms with E-state index in [1.807, 2.05) is 60.7 Å². The van der Waals surface area contributed by atoms with E-state index < -0.39 is 0 Å². The lowest BCUT2D eigenvalue weighted by atomic mass is 9.54. The van der Waals surface area contributed by atoms with Crippen LogP contribution in [-0.4, -0.2) is 15.0 Å². The minimum Gasteiger partial charge on any atom is -0.208 e. The Kier molecular flexibility index (Phi) is 8.16. The first-order chi connectivity index (χ1) is 26.3. The zero-order valence-corrected chi connectivity index (χ0v) is 31.1. The third-order valence-electron chi connectivity index (χ3n) is 11.7. The summed E-state index contributed by atoms with van der Waals surface area (Å²) in [6.07, 6.45) is 0. The average molecular weight is 696 g/mol. The van der Waals surface area contributed by atoms with Crippen LogP contribution in [0, 0.1) is 0 Å². The number of hydrogen-bond donors (Lipinski definition) is 0. The van der Waals surface area contributed by atoms with Crippen molar-refractivity contribution in [3.8, 4) is 78.7 Å². The molecule has 0 aliphatic heterocycles. The molecule has 3 heteroatoms. The van der Waals surface area contributed by atoms with Gasteiger partial charge in [-0.25, -0.2) is 15.0 Å². The Bertz CT molecular complexity index is 2580. The third-order valence-corrected chi connectivity index (χ3v) is 11.7. The van der Waals surface area contributed by atoms with Crippen molar-refractivity contribution in [3.63, 3.8) is 0 Å². The highest BCUT2D eigenvalue weighted by atomic mass is 15.0. The molecule has 0 spiro atoms. The van der Waals surface area contributed by atoms with Crippen molar-refractivity contribution >= 4 is 0 Å². The van der Waals surface area contributed by atoms with Crippen molar-refractivity contribution in [1.29, 1.82) is 0 Å². The third kappa shape index (κ3) is 5.64. The predicted octanol–water partition coefficient (Wildman–Crippen LogP) is 13.1. The predicted molar refractivity (Wildman–Crippen MR) is 224 cm³/mol. The second-order valence-electron chi connectivity index (χ2n) is 15.3. The molecule has 0 fully saturated rings. The molecule has 0 atom stereocenters. The molecule has 3 nitrogen and oxygen atoms in total. The topological polar surface area (TPSA) is 38.7 Å². The number of aromatic nitrogens is 3. The van der Waals surface area contributed by atoms with Gasteiger partial charge in [-0.3, -0.25) is 0 Å². The maximum Gasteiger partial charge on any atom is 0.164 e. The number of nitrogens with zero attached hydrogens (tertiary/aromatic N) is 3. The molecule has 0 amide bonds. The lowest BCUT2D eigenvalue weighted by molar-refractivity contribution is 0.300. The Labute approximate surface area is 318 Å². The second kappa shape index (κ2) is 13.2. The Balaban J connectivity index is 1.17. The largest absolute Gasteiger partial charge is 0.208 e. The van der Waals surface area contributed by atoms with Crippen LogP contribution in [-0.2, 0) is 10.8 Å². The number of rotatable bonds is 6. The first-order valence-corrected chi connectivity index (χ1v) is 18.7. The molecule has 0 unspecified atom stereocenters. The highest BCUT2D eigenvalue weighted by molar-refractivity contribution is 5.89. The quantitative estimate of drug-likeness (QED) is 0.174. The van der Waals surface area contributed by atoms with Crippen LogP contribution in [0.3, 0.4) is 0 Å². The zero-order valence-electron chi connectivity index (χ0n) is 31.1. The summed E-state index contributed by atoms with van der Waals surface area (Å²) in [6, 6.07) is 62.3. The van der Waals surface area contributed by atoms with Gasteiger partial charge in [-0.05, 0) is 73.2 Å². The molecular formula is C51H41N3. The molecule has 9 rings (SSSR count). The van der Waals surface area contributed by atoms with Crippen LogP contribution in [0.15, 0.2) is 176 Å². The molecule has 7 aromatic carbocycles. The van der Waals surface area contributed by atoms with Crippen LogP contribution in [0.25, 0.3) is 78.7 Å². The van der Waals surface area contributed by atoms with Crippen LogP contribution in [0.4, 0.5) is 0 Å². The van der Waals surface area contributed by atoms with E-state index in [-0.39, 0.29) is 10.8 Å². The summed E-state index contributed by atoms with van der Waals surface area (Å²) in [5.74, 6) is 1.95. The van der Waals surface area contributed by atoms with Crippen LogP contribution < -0.4 is 0 Å². The summed E-state index contributed by atoms with van der Waals surface area (Å²) in [4.78, 5) is 15.1. The Morgan fingerprint density at radius 3 is 1.41 bits per heavy atom. The zero-order chi connectivity index (χ0) is 36.9. The van der Waals surface area contributed by atoms with Gasteiger partial charge < -0.3 is 0 Å². The molecule has 0 bridgehead atoms. The van der Waals surface area contributed by atoms with Gasteiger partial charge in [0.1, 0.15) is 0 Å². The van der Waals surface area contributed by atoms with Crippen LogP contribution in [0.1, 0.15) is 38.8 Å². The van der Waals surface area contributed by atoms with Gasteiger partial charge in [-0.15, -0.1) is 0 Å². The van der Waals surface area contributed by atoms with Crippen molar-refractivity contribution in [2.75, 3.05) is 0 Å². The minimum atomic E-state index is -0.0960. The first-order valence-electron chi connectivity index (χ1n) is 18.7. The molecule has 260 valence electrons. The van der Waals surface area contributed by atoms with Gasteiger partial charge in [-0.1, -0.05) is 191 Å². The summed E-state index contributed by atoms with van der Waals surface area (Å²) in [6.45, 7) is 9.63. The van der Waals surface area contributed by atoms with E-state index in [2.05, 4.69) is 143 Å². The summed E-state index contributed by atoms with van der Waals surface area (Å²) in [7, 11) is 0. The van der Waals surface area contributed by atoms with Gasteiger partial charge >= 0.3 is 0 Å². The monoisotopic (exact) mass is 695 g/mol. The molecule has 54 heavy (non-hydrogen) atoms. The number of benzene rings is 7. The van der Waals surface area contributed by atoms with Crippen molar-refractivity contribution in [2.45, 2.75) is 38.5 Å². The van der Waals surface area contributed by atoms with Crippen molar-refractivity contribution in [2.24, 2.45) is 0 Å². The molecule has 0 saturated carbocycles. The van der Waals surface area contributed by atoms with Crippen molar-refractivity contribution in [3.05, 3.63) is 187 Å². The summed E-state index contributed by atoms with van der Waals surface area (Å²) >= 11 is 0. The molecule has 8 aromatic rings. The number of hydrogen-bond acceptors (Lipinski definition) is 3. The fourth-order valence-electron chi connectivity index (χ4n) is 8.17. The summed E-state index contributed by atoms with van der Waals surface area (Å²) in [5, 5.41) is 0. The second-order valence-corrected chi connectivity index (χ2v) is 15.3. The van der Waals surface area contributed by atoms with Crippen LogP contribution in [0.2, 0.25) is 0 Å². The van der Waals surface area contributed by atoms with E-state index in [4.69, 9.17) is 15.0 Å². The molecule has 0 radical (unpaired) electrons. The molecule has 1 aliphatic rings. The normalized spacial score (nSPS) is 13.9. The van der Waals surface area contributed by atoms with Gasteiger partial charge in [0.25, 0.3) is 0 Å². The Morgan fingerprint density at radius 1 is 0.296 bits per heavy atom. The average Bonchev–Trinajstić information content (AvgIpc) is 3.23. The summed E-state index contributed by atoms with van der Waals surface area (Å²) < 4.78 is 0.